The first-order valence-corrected chi connectivity index (χ1v) is 5.70. The minimum Gasteiger partial charge on any atom is -0.256 e. The molecule has 1 heterocycles. The molecule has 0 aliphatic rings. The first-order valence-electron chi connectivity index (χ1n) is 5.70. The summed E-state index contributed by atoms with van der Waals surface area (Å²) >= 11 is 0. The summed E-state index contributed by atoms with van der Waals surface area (Å²) in [7, 11) is 0. The first-order chi connectivity index (χ1) is 7.66. The van der Waals surface area contributed by atoms with Crippen molar-refractivity contribution in [3.63, 3.8) is 0 Å². The Kier molecular flexibility index (Phi) is 3.04. The molecular formula is C15H17N. The smallest absolute Gasteiger partial charge is 0.0702 e. The van der Waals surface area contributed by atoms with E-state index < -0.39 is 0 Å². The molecule has 0 saturated carbocycles. The fourth-order valence-electron chi connectivity index (χ4n) is 1.64. The second kappa shape index (κ2) is 4.48. The molecule has 0 spiro atoms. The van der Waals surface area contributed by atoms with E-state index in [0.717, 1.165) is 5.69 Å². The minimum atomic E-state index is 0.541. The van der Waals surface area contributed by atoms with Crippen LogP contribution in [0.25, 0.3) is 11.3 Å². The molecule has 1 nitrogen and oxygen atoms in total. The Morgan fingerprint density at radius 1 is 0.938 bits per heavy atom. The van der Waals surface area contributed by atoms with Crippen molar-refractivity contribution in [3.05, 3.63) is 53.7 Å². The molecule has 1 aromatic carbocycles. The topological polar surface area (TPSA) is 12.9 Å². The third-order valence-electron chi connectivity index (χ3n) is 2.80. The number of aryl methyl sites for hydroxylation is 1. The lowest BCUT2D eigenvalue weighted by Gasteiger charge is -2.06. The van der Waals surface area contributed by atoms with Crippen molar-refractivity contribution < 1.29 is 0 Å². The lowest BCUT2D eigenvalue weighted by atomic mass is 10.0. The van der Waals surface area contributed by atoms with E-state index >= 15 is 0 Å². The fraction of sp³-hybridized carbons (Fsp3) is 0.267. The van der Waals surface area contributed by atoms with Gasteiger partial charge in [-0.2, -0.15) is 0 Å². The Morgan fingerprint density at radius 2 is 1.62 bits per heavy atom. The van der Waals surface area contributed by atoms with Crippen molar-refractivity contribution in [3.8, 4) is 11.3 Å². The number of rotatable bonds is 2. The zero-order valence-corrected chi connectivity index (χ0v) is 10.1. The molecule has 1 aromatic heterocycles. The van der Waals surface area contributed by atoms with Gasteiger partial charge in [0.05, 0.1) is 5.69 Å². The highest BCUT2D eigenvalue weighted by atomic mass is 14.7. The summed E-state index contributed by atoms with van der Waals surface area (Å²) in [4.78, 5) is 4.50. The summed E-state index contributed by atoms with van der Waals surface area (Å²) in [6.07, 6.45) is 1.97. The van der Waals surface area contributed by atoms with Gasteiger partial charge in [-0.1, -0.05) is 49.7 Å². The van der Waals surface area contributed by atoms with E-state index in [1.165, 1.54) is 16.7 Å². The monoisotopic (exact) mass is 211 g/mol. The Hall–Kier alpha value is -1.63. The molecule has 16 heavy (non-hydrogen) atoms. The second-order valence-corrected chi connectivity index (χ2v) is 4.50. The standard InChI is InChI=1S/C15H17N/c1-11(2)14-8-9-15(16-10-14)13-6-4-12(3)5-7-13/h4-11H,1-3H3. The van der Waals surface area contributed by atoms with Crippen LogP contribution in [0.1, 0.15) is 30.9 Å². The number of benzene rings is 1. The maximum atomic E-state index is 4.50. The fourth-order valence-corrected chi connectivity index (χ4v) is 1.64. The van der Waals surface area contributed by atoms with Crippen molar-refractivity contribution in [2.45, 2.75) is 26.7 Å². The highest BCUT2D eigenvalue weighted by Crippen LogP contribution is 2.20. The van der Waals surface area contributed by atoms with Gasteiger partial charge in [0.2, 0.25) is 0 Å². The van der Waals surface area contributed by atoms with Crippen LogP contribution in [0.5, 0.6) is 0 Å². The van der Waals surface area contributed by atoms with E-state index in [9.17, 15) is 0 Å². The van der Waals surface area contributed by atoms with E-state index in [1.807, 2.05) is 6.20 Å². The van der Waals surface area contributed by atoms with Crippen LogP contribution in [0.3, 0.4) is 0 Å². The molecule has 0 aliphatic heterocycles. The van der Waals surface area contributed by atoms with Crippen LogP contribution in [0.2, 0.25) is 0 Å². The van der Waals surface area contributed by atoms with Crippen LogP contribution >= 0.6 is 0 Å². The third-order valence-corrected chi connectivity index (χ3v) is 2.80. The first kappa shape index (κ1) is 10.9. The van der Waals surface area contributed by atoms with Crippen LogP contribution in [0.15, 0.2) is 42.6 Å². The molecule has 0 aliphatic carbocycles. The summed E-state index contributed by atoms with van der Waals surface area (Å²) in [5, 5.41) is 0. The molecule has 0 atom stereocenters. The van der Waals surface area contributed by atoms with E-state index in [0.29, 0.717) is 5.92 Å². The van der Waals surface area contributed by atoms with Crippen molar-refractivity contribution in [1.29, 1.82) is 0 Å². The van der Waals surface area contributed by atoms with Gasteiger partial charge in [0.25, 0.3) is 0 Å². The number of nitrogens with zero attached hydrogens (tertiary/aromatic N) is 1. The highest BCUT2D eigenvalue weighted by Gasteiger charge is 2.01. The van der Waals surface area contributed by atoms with Crippen LogP contribution in [-0.2, 0) is 0 Å². The molecule has 0 unspecified atom stereocenters. The third kappa shape index (κ3) is 2.30. The normalized spacial score (nSPS) is 10.8. The van der Waals surface area contributed by atoms with E-state index in [4.69, 9.17) is 0 Å². The van der Waals surface area contributed by atoms with Gasteiger partial charge in [0.15, 0.2) is 0 Å². The molecule has 0 N–H and O–H groups in total. The van der Waals surface area contributed by atoms with Crippen LogP contribution < -0.4 is 0 Å². The number of hydrogen-bond donors (Lipinski definition) is 0. The Morgan fingerprint density at radius 3 is 2.12 bits per heavy atom. The average molecular weight is 211 g/mol. The van der Waals surface area contributed by atoms with Crippen LogP contribution in [0.4, 0.5) is 0 Å². The molecule has 0 amide bonds. The molecule has 0 saturated heterocycles. The summed E-state index contributed by atoms with van der Waals surface area (Å²) in [6, 6.07) is 12.7. The molecule has 82 valence electrons. The quantitative estimate of drug-likeness (QED) is 0.726. The number of hydrogen-bond acceptors (Lipinski definition) is 1. The molecule has 2 rings (SSSR count). The lowest BCUT2D eigenvalue weighted by molar-refractivity contribution is 0.859. The maximum Gasteiger partial charge on any atom is 0.0702 e. The van der Waals surface area contributed by atoms with Crippen molar-refractivity contribution in [2.75, 3.05) is 0 Å². The van der Waals surface area contributed by atoms with Crippen LogP contribution in [0, 0.1) is 6.92 Å². The van der Waals surface area contributed by atoms with E-state index in [-0.39, 0.29) is 0 Å². The van der Waals surface area contributed by atoms with Gasteiger partial charge in [0.1, 0.15) is 0 Å². The van der Waals surface area contributed by atoms with Gasteiger partial charge in [-0.25, -0.2) is 0 Å². The molecule has 1 heteroatoms. The molecule has 2 aromatic rings. The van der Waals surface area contributed by atoms with Crippen LogP contribution in [-0.4, -0.2) is 4.98 Å². The predicted octanol–water partition coefficient (Wildman–Crippen LogP) is 4.18. The number of pyridine rings is 1. The molecule has 0 radical (unpaired) electrons. The van der Waals surface area contributed by atoms with Crippen molar-refractivity contribution >= 4 is 0 Å². The van der Waals surface area contributed by atoms with Crippen molar-refractivity contribution in [2.24, 2.45) is 0 Å². The Bertz CT molecular complexity index is 452. The zero-order valence-electron chi connectivity index (χ0n) is 10.1. The van der Waals surface area contributed by atoms with Gasteiger partial charge < -0.3 is 0 Å². The molecule has 0 bridgehead atoms. The zero-order chi connectivity index (χ0) is 11.5. The van der Waals surface area contributed by atoms with Gasteiger partial charge >= 0.3 is 0 Å². The van der Waals surface area contributed by atoms with Gasteiger partial charge in [0, 0.05) is 11.8 Å². The second-order valence-electron chi connectivity index (χ2n) is 4.50. The summed E-state index contributed by atoms with van der Waals surface area (Å²) in [5.74, 6) is 0.541. The van der Waals surface area contributed by atoms with Gasteiger partial charge in [-0.3, -0.25) is 4.98 Å². The Labute approximate surface area is 97.2 Å². The predicted molar refractivity (Wildman–Crippen MR) is 68.5 cm³/mol. The minimum absolute atomic E-state index is 0.541. The summed E-state index contributed by atoms with van der Waals surface area (Å²) in [5.41, 5.74) is 4.80. The largest absolute Gasteiger partial charge is 0.256 e. The van der Waals surface area contributed by atoms with Gasteiger partial charge in [-0.05, 0) is 24.5 Å². The Balaban J connectivity index is 2.31. The van der Waals surface area contributed by atoms with Crippen molar-refractivity contribution in [1.82, 2.24) is 4.98 Å². The summed E-state index contributed by atoms with van der Waals surface area (Å²) in [6.45, 7) is 6.46. The van der Waals surface area contributed by atoms with E-state index in [2.05, 4.69) is 62.2 Å². The lowest BCUT2D eigenvalue weighted by Crippen LogP contribution is -1.90. The number of aromatic nitrogens is 1. The molecular weight excluding hydrogens is 194 g/mol. The van der Waals surface area contributed by atoms with Gasteiger partial charge in [-0.15, -0.1) is 0 Å². The maximum absolute atomic E-state index is 4.50. The SMILES string of the molecule is Cc1ccc(-c2ccc(C(C)C)cn2)cc1. The summed E-state index contributed by atoms with van der Waals surface area (Å²) < 4.78 is 0. The highest BCUT2D eigenvalue weighted by molar-refractivity contribution is 5.59. The average Bonchev–Trinajstić information content (AvgIpc) is 2.30. The van der Waals surface area contributed by atoms with E-state index in [1.54, 1.807) is 0 Å². The molecule has 0 fully saturated rings.